The topological polar surface area (TPSA) is 49.0 Å². The molecule has 0 saturated heterocycles. The Morgan fingerprint density at radius 3 is 2.70 bits per heavy atom. The molecule has 5 nitrogen and oxygen atoms in total. The van der Waals surface area contributed by atoms with Crippen molar-refractivity contribution in [2.75, 3.05) is 34.5 Å². The van der Waals surface area contributed by atoms with E-state index in [0.29, 0.717) is 19.3 Å². The lowest BCUT2D eigenvalue weighted by atomic mass is 9.85. The zero-order valence-electron chi connectivity index (χ0n) is 12.3. The molecule has 3 unspecified atom stereocenters. The Hall–Kier alpha value is -1.30. The van der Waals surface area contributed by atoms with Crippen LogP contribution in [-0.4, -0.2) is 52.7 Å². The largest absolute Gasteiger partial charge is 0.497 e. The van der Waals surface area contributed by atoms with E-state index in [9.17, 15) is 0 Å². The van der Waals surface area contributed by atoms with Crippen molar-refractivity contribution in [1.82, 2.24) is 5.32 Å². The number of hydrogen-bond acceptors (Lipinski definition) is 5. The number of benzene rings is 1. The lowest BCUT2D eigenvalue weighted by Crippen LogP contribution is -2.60. The van der Waals surface area contributed by atoms with Gasteiger partial charge in [-0.3, -0.25) is 0 Å². The van der Waals surface area contributed by atoms with Gasteiger partial charge in [-0.2, -0.15) is 0 Å². The SMILES string of the molecule is CNC1CC(Oc2cccc(OC)c2)C1OCCOC. The molecule has 0 aromatic heterocycles. The highest BCUT2D eigenvalue weighted by atomic mass is 16.6. The van der Waals surface area contributed by atoms with Crippen LogP contribution in [-0.2, 0) is 9.47 Å². The van der Waals surface area contributed by atoms with Crippen LogP contribution in [0.15, 0.2) is 24.3 Å². The molecule has 1 saturated carbocycles. The summed E-state index contributed by atoms with van der Waals surface area (Å²) in [6, 6.07) is 7.97. The summed E-state index contributed by atoms with van der Waals surface area (Å²) in [5, 5.41) is 3.25. The first-order valence-corrected chi connectivity index (χ1v) is 6.87. The lowest BCUT2D eigenvalue weighted by Gasteiger charge is -2.43. The third kappa shape index (κ3) is 3.62. The van der Waals surface area contributed by atoms with Crippen LogP contribution < -0.4 is 14.8 Å². The molecular weight excluding hydrogens is 258 g/mol. The monoisotopic (exact) mass is 281 g/mol. The van der Waals surface area contributed by atoms with Crippen LogP contribution in [0.5, 0.6) is 11.5 Å². The van der Waals surface area contributed by atoms with Gasteiger partial charge in [0.15, 0.2) is 0 Å². The van der Waals surface area contributed by atoms with Gasteiger partial charge in [0.05, 0.1) is 20.3 Å². The Kier molecular flexibility index (Phi) is 5.64. The second-order valence-corrected chi connectivity index (χ2v) is 4.79. The van der Waals surface area contributed by atoms with E-state index in [0.717, 1.165) is 17.9 Å². The predicted molar refractivity (Wildman–Crippen MR) is 76.5 cm³/mol. The van der Waals surface area contributed by atoms with Gasteiger partial charge in [0.25, 0.3) is 0 Å². The molecule has 1 aliphatic rings. The van der Waals surface area contributed by atoms with E-state index in [-0.39, 0.29) is 12.2 Å². The summed E-state index contributed by atoms with van der Waals surface area (Å²) in [6.45, 7) is 1.18. The molecule has 1 fully saturated rings. The van der Waals surface area contributed by atoms with Gasteiger partial charge in [0, 0.05) is 25.6 Å². The van der Waals surface area contributed by atoms with Crippen molar-refractivity contribution in [3.8, 4) is 11.5 Å². The summed E-state index contributed by atoms with van der Waals surface area (Å²) in [5.74, 6) is 1.60. The van der Waals surface area contributed by atoms with E-state index in [4.69, 9.17) is 18.9 Å². The molecule has 3 atom stereocenters. The zero-order chi connectivity index (χ0) is 14.4. The molecule has 0 aliphatic heterocycles. The van der Waals surface area contributed by atoms with Crippen LogP contribution in [0.25, 0.3) is 0 Å². The number of nitrogens with one attached hydrogen (secondary N) is 1. The van der Waals surface area contributed by atoms with Crippen LogP contribution in [0.4, 0.5) is 0 Å². The van der Waals surface area contributed by atoms with E-state index in [2.05, 4.69) is 5.32 Å². The maximum absolute atomic E-state index is 5.98. The zero-order valence-corrected chi connectivity index (χ0v) is 12.3. The molecule has 0 bridgehead atoms. The smallest absolute Gasteiger partial charge is 0.128 e. The molecule has 0 radical (unpaired) electrons. The molecule has 1 N–H and O–H groups in total. The van der Waals surface area contributed by atoms with Crippen molar-refractivity contribution in [2.45, 2.75) is 24.7 Å². The highest BCUT2D eigenvalue weighted by Gasteiger charge is 2.43. The fourth-order valence-electron chi connectivity index (χ4n) is 2.32. The minimum Gasteiger partial charge on any atom is -0.497 e. The second-order valence-electron chi connectivity index (χ2n) is 4.79. The number of rotatable bonds is 8. The number of ether oxygens (including phenoxy) is 4. The Morgan fingerprint density at radius 1 is 1.20 bits per heavy atom. The van der Waals surface area contributed by atoms with Crippen molar-refractivity contribution in [3.05, 3.63) is 24.3 Å². The van der Waals surface area contributed by atoms with Crippen LogP contribution in [0.2, 0.25) is 0 Å². The van der Waals surface area contributed by atoms with Crippen LogP contribution in [0.1, 0.15) is 6.42 Å². The Morgan fingerprint density at radius 2 is 2.00 bits per heavy atom. The fourth-order valence-corrected chi connectivity index (χ4v) is 2.32. The Balaban J connectivity index is 1.90. The van der Waals surface area contributed by atoms with Crippen LogP contribution in [0, 0.1) is 0 Å². The first kappa shape index (κ1) is 15.1. The molecule has 1 aliphatic carbocycles. The van der Waals surface area contributed by atoms with E-state index in [1.54, 1.807) is 14.2 Å². The highest BCUT2D eigenvalue weighted by molar-refractivity contribution is 5.33. The quantitative estimate of drug-likeness (QED) is 0.731. The molecular formula is C15H23NO4. The Bertz CT molecular complexity index is 413. The first-order chi connectivity index (χ1) is 9.78. The molecule has 2 rings (SSSR count). The van der Waals surface area contributed by atoms with Gasteiger partial charge < -0.3 is 24.3 Å². The minimum atomic E-state index is 0.0568. The molecule has 0 amide bonds. The number of hydrogen-bond donors (Lipinski definition) is 1. The van der Waals surface area contributed by atoms with Crippen molar-refractivity contribution in [2.24, 2.45) is 0 Å². The summed E-state index contributed by atoms with van der Waals surface area (Å²) in [7, 11) is 5.26. The van der Waals surface area contributed by atoms with Gasteiger partial charge in [-0.05, 0) is 19.2 Å². The summed E-state index contributed by atoms with van der Waals surface area (Å²) in [4.78, 5) is 0. The van der Waals surface area contributed by atoms with Crippen LogP contribution >= 0.6 is 0 Å². The fraction of sp³-hybridized carbons (Fsp3) is 0.600. The maximum atomic E-state index is 5.98. The molecule has 20 heavy (non-hydrogen) atoms. The van der Waals surface area contributed by atoms with Gasteiger partial charge in [-0.1, -0.05) is 6.07 Å². The van der Waals surface area contributed by atoms with E-state index >= 15 is 0 Å². The van der Waals surface area contributed by atoms with E-state index in [1.807, 2.05) is 31.3 Å². The van der Waals surface area contributed by atoms with E-state index in [1.165, 1.54) is 0 Å². The Labute approximate surface area is 120 Å². The van der Waals surface area contributed by atoms with Crippen LogP contribution in [0.3, 0.4) is 0 Å². The molecule has 1 aromatic rings. The summed E-state index contributed by atoms with van der Waals surface area (Å²) >= 11 is 0. The first-order valence-electron chi connectivity index (χ1n) is 6.87. The van der Waals surface area contributed by atoms with Crippen molar-refractivity contribution < 1.29 is 18.9 Å². The second kappa shape index (κ2) is 7.47. The predicted octanol–water partition coefficient (Wildman–Crippen LogP) is 1.47. The lowest BCUT2D eigenvalue weighted by molar-refractivity contribution is -0.114. The average molecular weight is 281 g/mol. The van der Waals surface area contributed by atoms with Gasteiger partial charge in [0.2, 0.25) is 0 Å². The molecule has 0 heterocycles. The van der Waals surface area contributed by atoms with E-state index < -0.39 is 0 Å². The summed E-state index contributed by atoms with van der Waals surface area (Å²) < 4.78 is 22.0. The molecule has 112 valence electrons. The van der Waals surface area contributed by atoms with Crippen molar-refractivity contribution in [3.63, 3.8) is 0 Å². The third-order valence-electron chi connectivity index (χ3n) is 3.55. The van der Waals surface area contributed by atoms with Gasteiger partial charge in [-0.15, -0.1) is 0 Å². The maximum Gasteiger partial charge on any atom is 0.128 e. The van der Waals surface area contributed by atoms with Gasteiger partial charge in [0.1, 0.15) is 23.7 Å². The number of likely N-dealkylation sites (N-methyl/N-ethyl adjacent to an activating group) is 1. The number of methoxy groups -OCH3 is 2. The highest BCUT2D eigenvalue weighted by Crippen LogP contribution is 2.30. The van der Waals surface area contributed by atoms with Crippen molar-refractivity contribution >= 4 is 0 Å². The molecule has 0 spiro atoms. The summed E-state index contributed by atoms with van der Waals surface area (Å²) in [6.07, 6.45) is 1.06. The normalized spacial score (nSPS) is 25.1. The molecule has 5 heteroatoms. The average Bonchev–Trinajstić information content (AvgIpc) is 2.47. The molecule has 1 aromatic carbocycles. The van der Waals surface area contributed by atoms with Gasteiger partial charge >= 0.3 is 0 Å². The summed E-state index contributed by atoms with van der Waals surface area (Å²) in [5.41, 5.74) is 0. The van der Waals surface area contributed by atoms with Crippen molar-refractivity contribution in [1.29, 1.82) is 0 Å². The minimum absolute atomic E-state index is 0.0568. The third-order valence-corrected chi connectivity index (χ3v) is 3.55. The van der Waals surface area contributed by atoms with Gasteiger partial charge in [-0.25, -0.2) is 0 Å². The standard InChI is InChI=1S/C15H23NO4/c1-16-13-10-14(15(13)19-8-7-17-2)20-12-6-4-5-11(9-12)18-3/h4-6,9,13-16H,7-8,10H2,1-3H3.